The van der Waals surface area contributed by atoms with Crippen LogP contribution in [0.15, 0.2) is 12.2 Å². The molecule has 0 aliphatic heterocycles. The SMILES string of the molecule is CNC(=O)S[C]1C=CCCC1. The second-order valence-electron chi connectivity index (χ2n) is 2.40. The second-order valence-corrected chi connectivity index (χ2v) is 3.50. The van der Waals surface area contributed by atoms with Gasteiger partial charge in [0.05, 0.1) is 5.25 Å². The van der Waals surface area contributed by atoms with Gasteiger partial charge in [0.2, 0.25) is 0 Å². The third kappa shape index (κ3) is 2.97. The van der Waals surface area contributed by atoms with Crippen LogP contribution in [0.4, 0.5) is 4.79 Å². The molecule has 1 radical (unpaired) electrons. The van der Waals surface area contributed by atoms with Gasteiger partial charge in [-0.15, -0.1) is 0 Å². The molecule has 61 valence electrons. The Morgan fingerprint density at radius 2 is 2.55 bits per heavy atom. The van der Waals surface area contributed by atoms with Crippen LogP contribution in [0.5, 0.6) is 0 Å². The molecule has 0 spiro atoms. The Bertz CT molecular complexity index is 167. The van der Waals surface area contributed by atoms with Gasteiger partial charge in [0.1, 0.15) is 0 Å². The molecule has 0 atom stereocenters. The zero-order valence-electron chi connectivity index (χ0n) is 6.59. The molecule has 0 saturated heterocycles. The topological polar surface area (TPSA) is 29.1 Å². The van der Waals surface area contributed by atoms with Crippen molar-refractivity contribution >= 4 is 17.0 Å². The van der Waals surface area contributed by atoms with Crippen molar-refractivity contribution in [3.05, 3.63) is 17.4 Å². The van der Waals surface area contributed by atoms with E-state index >= 15 is 0 Å². The quantitative estimate of drug-likeness (QED) is 0.654. The molecular formula is C8H12NOS. The van der Waals surface area contributed by atoms with Crippen molar-refractivity contribution in [2.45, 2.75) is 19.3 Å². The lowest BCUT2D eigenvalue weighted by molar-refractivity contribution is 0.262. The lowest BCUT2D eigenvalue weighted by Gasteiger charge is -2.12. The Kier molecular flexibility index (Phi) is 3.49. The van der Waals surface area contributed by atoms with E-state index in [0.717, 1.165) is 12.8 Å². The molecule has 2 nitrogen and oxygen atoms in total. The monoisotopic (exact) mass is 170 g/mol. The molecule has 1 amide bonds. The number of carbonyl (C=O) groups is 1. The lowest BCUT2D eigenvalue weighted by Crippen LogP contribution is -2.13. The van der Waals surface area contributed by atoms with E-state index in [1.165, 1.54) is 23.4 Å². The van der Waals surface area contributed by atoms with Crippen LogP contribution in [0, 0.1) is 5.25 Å². The molecule has 0 unspecified atom stereocenters. The van der Waals surface area contributed by atoms with E-state index in [4.69, 9.17) is 0 Å². The molecule has 0 fully saturated rings. The molecule has 0 saturated carbocycles. The molecule has 3 heteroatoms. The summed E-state index contributed by atoms with van der Waals surface area (Å²) in [5.74, 6) is 0. The maximum atomic E-state index is 10.9. The minimum absolute atomic E-state index is 0.0338. The number of amides is 1. The van der Waals surface area contributed by atoms with Crippen molar-refractivity contribution in [2.75, 3.05) is 7.05 Å². The minimum atomic E-state index is 0.0338. The van der Waals surface area contributed by atoms with Crippen molar-refractivity contribution in [3.8, 4) is 0 Å². The predicted octanol–water partition coefficient (Wildman–Crippen LogP) is 2.33. The first-order valence-corrected chi connectivity index (χ1v) is 4.56. The fourth-order valence-corrected chi connectivity index (χ4v) is 1.70. The van der Waals surface area contributed by atoms with Crippen molar-refractivity contribution in [1.82, 2.24) is 5.32 Å². The summed E-state index contributed by atoms with van der Waals surface area (Å²) < 4.78 is 0. The van der Waals surface area contributed by atoms with E-state index in [1.807, 2.05) is 6.08 Å². The van der Waals surface area contributed by atoms with Gasteiger partial charge in [-0.2, -0.15) is 0 Å². The molecule has 0 aromatic heterocycles. The smallest absolute Gasteiger partial charge is 0.279 e. The average Bonchev–Trinajstić information content (AvgIpc) is 2.06. The highest BCUT2D eigenvalue weighted by Gasteiger charge is 2.13. The minimum Gasteiger partial charge on any atom is -0.350 e. The summed E-state index contributed by atoms with van der Waals surface area (Å²) in [6, 6.07) is 0. The average molecular weight is 170 g/mol. The van der Waals surface area contributed by atoms with Crippen molar-refractivity contribution in [3.63, 3.8) is 0 Å². The van der Waals surface area contributed by atoms with Gasteiger partial charge in [0.25, 0.3) is 5.24 Å². The van der Waals surface area contributed by atoms with Crippen LogP contribution in [0.25, 0.3) is 0 Å². The first-order valence-electron chi connectivity index (χ1n) is 3.75. The van der Waals surface area contributed by atoms with Crippen LogP contribution in [-0.2, 0) is 0 Å². The predicted molar refractivity (Wildman–Crippen MR) is 48.3 cm³/mol. The fourth-order valence-electron chi connectivity index (χ4n) is 0.947. The van der Waals surface area contributed by atoms with Gasteiger partial charge in [-0.05, 0) is 19.3 Å². The molecule has 0 heterocycles. The highest BCUT2D eigenvalue weighted by atomic mass is 32.2. The van der Waals surface area contributed by atoms with Crippen LogP contribution < -0.4 is 5.32 Å². The van der Waals surface area contributed by atoms with Crippen LogP contribution in [0.2, 0.25) is 0 Å². The van der Waals surface area contributed by atoms with Crippen LogP contribution in [-0.4, -0.2) is 12.3 Å². The largest absolute Gasteiger partial charge is 0.350 e. The summed E-state index contributed by atoms with van der Waals surface area (Å²) in [6.45, 7) is 0. The number of hydrogen-bond donors (Lipinski definition) is 1. The Morgan fingerprint density at radius 3 is 3.09 bits per heavy atom. The molecule has 0 bridgehead atoms. The van der Waals surface area contributed by atoms with Gasteiger partial charge < -0.3 is 5.32 Å². The third-order valence-electron chi connectivity index (χ3n) is 1.53. The fraction of sp³-hybridized carbons (Fsp3) is 0.500. The Labute approximate surface area is 71.4 Å². The molecular weight excluding hydrogens is 158 g/mol. The van der Waals surface area contributed by atoms with E-state index in [2.05, 4.69) is 11.4 Å². The molecule has 0 aromatic carbocycles. The molecule has 0 aromatic rings. The highest BCUT2D eigenvalue weighted by molar-refractivity contribution is 8.16. The summed E-state index contributed by atoms with van der Waals surface area (Å²) >= 11 is 1.30. The van der Waals surface area contributed by atoms with E-state index in [0.29, 0.717) is 0 Å². The highest BCUT2D eigenvalue weighted by Crippen LogP contribution is 2.30. The van der Waals surface area contributed by atoms with Crippen LogP contribution >= 0.6 is 11.8 Å². The van der Waals surface area contributed by atoms with Gasteiger partial charge in [0.15, 0.2) is 0 Å². The Balaban J connectivity index is 2.30. The van der Waals surface area contributed by atoms with Gasteiger partial charge in [-0.1, -0.05) is 23.9 Å². The van der Waals surface area contributed by atoms with Crippen molar-refractivity contribution in [1.29, 1.82) is 0 Å². The molecule has 1 rings (SSSR count). The second kappa shape index (κ2) is 4.44. The number of carbonyl (C=O) groups excluding carboxylic acids is 1. The first-order chi connectivity index (χ1) is 5.33. The maximum Gasteiger partial charge on any atom is 0.279 e. The molecule has 1 N–H and O–H groups in total. The van der Waals surface area contributed by atoms with Gasteiger partial charge in [-0.25, -0.2) is 0 Å². The van der Waals surface area contributed by atoms with Gasteiger partial charge >= 0.3 is 0 Å². The lowest BCUT2D eigenvalue weighted by atomic mass is 10.1. The zero-order chi connectivity index (χ0) is 8.10. The van der Waals surface area contributed by atoms with Crippen molar-refractivity contribution < 1.29 is 4.79 Å². The van der Waals surface area contributed by atoms with E-state index in [1.54, 1.807) is 7.05 Å². The summed E-state index contributed by atoms with van der Waals surface area (Å²) in [6.07, 6.45) is 7.54. The van der Waals surface area contributed by atoms with E-state index in [-0.39, 0.29) is 5.24 Å². The zero-order valence-corrected chi connectivity index (χ0v) is 7.41. The molecule has 1 aliphatic carbocycles. The van der Waals surface area contributed by atoms with Crippen LogP contribution in [0.3, 0.4) is 0 Å². The maximum absolute atomic E-state index is 10.9. The summed E-state index contributed by atoms with van der Waals surface area (Å²) in [5.41, 5.74) is 0. The van der Waals surface area contributed by atoms with Gasteiger partial charge in [0, 0.05) is 7.05 Å². The summed E-state index contributed by atoms with van der Waals surface area (Å²) in [7, 11) is 1.66. The molecule has 11 heavy (non-hydrogen) atoms. The van der Waals surface area contributed by atoms with Gasteiger partial charge in [-0.3, -0.25) is 4.79 Å². The number of allylic oxidation sites excluding steroid dienone is 1. The Hall–Kier alpha value is -0.440. The first kappa shape index (κ1) is 8.65. The standard InChI is InChI=1S/C8H12NOS/c1-9-8(10)11-7-5-3-2-4-6-7/h3,5H,2,4,6H2,1H3,(H,9,10). The van der Waals surface area contributed by atoms with Crippen LogP contribution in [0.1, 0.15) is 19.3 Å². The van der Waals surface area contributed by atoms with E-state index in [9.17, 15) is 4.79 Å². The number of rotatable bonds is 1. The normalized spacial score (nSPS) is 18.3. The summed E-state index contributed by atoms with van der Waals surface area (Å²) in [4.78, 5) is 10.9. The molecule has 1 aliphatic rings. The third-order valence-corrected chi connectivity index (χ3v) is 2.52. The summed E-state index contributed by atoms with van der Waals surface area (Å²) in [5, 5.41) is 3.79. The Morgan fingerprint density at radius 1 is 1.73 bits per heavy atom. The van der Waals surface area contributed by atoms with Crippen molar-refractivity contribution in [2.24, 2.45) is 0 Å². The number of hydrogen-bond acceptors (Lipinski definition) is 2. The van der Waals surface area contributed by atoms with E-state index < -0.39 is 0 Å². The number of nitrogens with one attached hydrogen (secondary N) is 1. The number of thioether (sulfide) groups is 1.